The van der Waals surface area contributed by atoms with Gasteiger partial charge in [0.2, 0.25) is 12.7 Å². The Morgan fingerprint density at radius 2 is 2.03 bits per heavy atom. The van der Waals surface area contributed by atoms with E-state index in [0.29, 0.717) is 39.8 Å². The molecule has 1 aliphatic rings. The standard InChI is InChI=1S/C20H22N4O4S/c1-12(2)10-24-18(16-5-4-8-26-16)22-23-20(24)29-13(3)19(25)21-14-6-7-15-17(9-14)28-11-27-15/h4-9,12-13H,10-11H2,1-3H3,(H,21,25)/t13-/m0/s1. The summed E-state index contributed by atoms with van der Waals surface area (Å²) in [6.45, 7) is 7.00. The Kier molecular flexibility index (Phi) is 5.48. The summed E-state index contributed by atoms with van der Waals surface area (Å²) in [5, 5.41) is 11.8. The molecular weight excluding hydrogens is 392 g/mol. The maximum atomic E-state index is 12.7. The zero-order valence-corrected chi connectivity index (χ0v) is 17.2. The summed E-state index contributed by atoms with van der Waals surface area (Å²) < 4.78 is 18.1. The van der Waals surface area contributed by atoms with Crippen LogP contribution < -0.4 is 14.8 Å². The molecule has 3 aromatic rings. The lowest BCUT2D eigenvalue weighted by Crippen LogP contribution is -2.23. The van der Waals surface area contributed by atoms with Crippen molar-refractivity contribution in [1.29, 1.82) is 0 Å². The van der Waals surface area contributed by atoms with Gasteiger partial charge in [-0.05, 0) is 37.1 Å². The predicted octanol–water partition coefficient (Wildman–Crippen LogP) is 4.04. The van der Waals surface area contributed by atoms with Gasteiger partial charge in [-0.1, -0.05) is 25.6 Å². The smallest absolute Gasteiger partial charge is 0.237 e. The number of amides is 1. The molecule has 1 amide bonds. The second kappa shape index (κ2) is 8.20. The number of hydrogen-bond acceptors (Lipinski definition) is 7. The minimum absolute atomic E-state index is 0.132. The lowest BCUT2D eigenvalue weighted by atomic mass is 10.2. The van der Waals surface area contributed by atoms with E-state index >= 15 is 0 Å². The first-order chi connectivity index (χ1) is 14.0. The van der Waals surface area contributed by atoms with Gasteiger partial charge >= 0.3 is 0 Å². The maximum Gasteiger partial charge on any atom is 0.237 e. The van der Waals surface area contributed by atoms with Crippen LogP contribution in [0, 0.1) is 5.92 Å². The fourth-order valence-electron chi connectivity index (χ4n) is 2.92. The van der Waals surface area contributed by atoms with Crippen LogP contribution in [0.15, 0.2) is 46.2 Å². The van der Waals surface area contributed by atoms with Crippen molar-refractivity contribution >= 4 is 23.4 Å². The van der Waals surface area contributed by atoms with E-state index in [0.717, 1.165) is 6.54 Å². The number of fused-ring (bicyclic) bond motifs is 1. The van der Waals surface area contributed by atoms with Crippen molar-refractivity contribution in [1.82, 2.24) is 14.8 Å². The number of benzene rings is 1. The van der Waals surface area contributed by atoms with Gasteiger partial charge in [0.05, 0.1) is 11.5 Å². The fraction of sp³-hybridized carbons (Fsp3) is 0.350. The maximum absolute atomic E-state index is 12.7. The van der Waals surface area contributed by atoms with Crippen LogP contribution in [0.25, 0.3) is 11.6 Å². The van der Waals surface area contributed by atoms with Gasteiger partial charge in [0.15, 0.2) is 28.2 Å². The van der Waals surface area contributed by atoms with Crippen molar-refractivity contribution < 1.29 is 18.7 Å². The molecular formula is C20H22N4O4S. The Morgan fingerprint density at radius 3 is 2.79 bits per heavy atom. The van der Waals surface area contributed by atoms with E-state index in [1.165, 1.54) is 11.8 Å². The van der Waals surface area contributed by atoms with Crippen LogP contribution in [0.3, 0.4) is 0 Å². The first-order valence-electron chi connectivity index (χ1n) is 9.35. The van der Waals surface area contributed by atoms with E-state index in [2.05, 4.69) is 29.4 Å². The molecule has 152 valence electrons. The normalized spacial score (nSPS) is 13.7. The molecule has 1 aliphatic heterocycles. The van der Waals surface area contributed by atoms with Crippen molar-refractivity contribution in [2.24, 2.45) is 5.92 Å². The van der Waals surface area contributed by atoms with E-state index in [-0.39, 0.29) is 18.0 Å². The first-order valence-corrected chi connectivity index (χ1v) is 10.2. The van der Waals surface area contributed by atoms with Gasteiger partial charge in [0.1, 0.15) is 0 Å². The van der Waals surface area contributed by atoms with Crippen LogP contribution in [-0.2, 0) is 11.3 Å². The molecule has 3 heterocycles. The van der Waals surface area contributed by atoms with Crippen molar-refractivity contribution in [3.05, 3.63) is 36.6 Å². The highest BCUT2D eigenvalue weighted by molar-refractivity contribution is 8.00. The van der Waals surface area contributed by atoms with Gasteiger partial charge < -0.3 is 19.2 Å². The van der Waals surface area contributed by atoms with Gasteiger partial charge in [-0.15, -0.1) is 10.2 Å². The number of rotatable bonds is 7. The summed E-state index contributed by atoms with van der Waals surface area (Å²) in [6.07, 6.45) is 1.61. The Bertz CT molecular complexity index is 1000. The van der Waals surface area contributed by atoms with Crippen LogP contribution in [0.1, 0.15) is 20.8 Å². The second-order valence-electron chi connectivity index (χ2n) is 7.11. The van der Waals surface area contributed by atoms with E-state index in [1.807, 2.05) is 23.6 Å². The van der Waals surface area contributed by atoms with Gasteiger partial charge in [-0.25, -0.2) is 0 Å². The summed E-state index contributed by atoms with van der Waals surface area (Å²) in [5.41, 5.74) is 0.659. The summed E-state index contributed by atoms with van der Waals surface area (Å²) in [7, 11) is 0. The highest BCUT2D eigenvalue weighted by Gasteiger charge is 2.23. The van der Waals surface area contributed by atoms with Gasteiger partial charge in [0.25, 0.3) is 0 Å². The zero-order valence-electron chi connectivity index (χ0n) is 16.4. The third-order valence-corrected chi connectivity index (χ3v) is 5.38. The molecule has 1 atom stereocenters. The lowest BCUT2D eigenvalue weighted by Gasteiger charge is -2.15. The molecule has 0 unspecified atom stereocenters. The number of furan rings is 1. The monoisotopic (exact) mass is 414 g/mol. The molecule has 0 spiro atoms. The molecule has 0 radical (unpaired) electrons. The number of nitrogens with one attached hydrogen (secondary N) is 1. The highest BCUT2D eigenvalue weighted by Crippen LogP contribution is 2.34. The molecule has 4 rings (SSSR count). The minimum atomic E-state index is -0.375. The average Bonchev–Trinajstić information content (AvgIpc) is 3.42. The largest absolute Gasteiger partial charge is 0.461 e. The first kappa shape index (κ1) is 19.4. The lowest BCUT2D eigenvalue weighted by molar-refractivity contribution is -0.115. The minimum Gasteiger partial charge on any atom is -0.461 e. The number of thioether (sulfide) groups is 1. The highest BCUT2D eigenvalue weighted by atomic mass is 32.2. The quantitative estimate of drug-likeness (QED) is 0.583. The van der Waals surface area contributed by atoms with Crippen molar-refractivity contribution in [2.45, 2.75) is 37.7 Å². The van der Waals surface area contributed by atoms with E-state index in [4.69, 9.17) is 13.9 Å². The number of nitrogens with zero attached hydrogens (tertiary/aromatic N) is 3. The molecule has 8 nitrogen and oxygen atoms in total. The molecule has 0 bridgehead atoms. The average molecular weight is 414 g/mol. The van der Waals surface area contributed by atoms with Gasteiger partial charge in [0, 0.05) is 18.3 Å². The van der Waals surface area contributed by atoms with Crippen molar-refractivity contribution in [3.63, 3.8) is 0 Å². The van der Waals surface area contributed by atoms with Crippen LogP contribution in [0.2, 0.25) is 0 Å². The molecule has 0 fully saturated rings. The van der Waals surface area contributed by atoms with E-state index in [9.17, 15) is 4.79 Å². The summed E-state index contributed by atoms with van der Waals surface area (Å²) in [6, 6.07) is 9.00. The van der Waals surface area contributed by atoms with Crippen LogP contribution in [0.5, 0.6) is 11.5 Å². The van der Waals surface area contributed by atoms with Crippen LogP contribution >= 0.6 is 11.8 Å². The number of anilines is 1. The predicted molar refractivity (Wildman–Crippen MR) is 109 cm³/mol. The molecule has 0 saturated heterocycles. The second-order valence-corrected chi connectivity index (χ2v) is 8.41. The molecule has 29 heavy (non-hydrogen) atoms. The molecule has 0 saturated carbocycles. The Labute approximate surface area is 172 Å². The van der Waals surface area contributed by atoms with Crippen molar-refractivity contribution in [2.75, 3.05) is 12.1 Å². The van der Waals surface area contributed by atoms with Crippen LogP contribution in [0.4, 0.5) is 5.69 Å². The summed E-state index contributed by atoms with van der Waals surface area (Å²) in [4.78, 5) is 12.7. The molecule has 0 aliphatic carbocycles. The molecule has 1 N–H and O–H groups in total. The van der Waals surface area contributed by atoms with E-state index in [1.54, 1.807) is 24.5 Å². The fourth-order valence-corrected chi connectivity index (χ4v) is 3.78. The number of carbonyl (C=O) groups excluding carboxylic acids is 1. The number of ether oxygens (including phenoxy) is 2. The Hall–Kier alpha value is -2.94. The number of carbonyl (C=O) groups is 1. The summed E-state index contributed by atoms with van der Waals surface area (Å²) in [5.74, 6) is 2.88. The Balaban J connectivity index is 1.48. The third-order valence-electron chi connectivity index (χ3n) is 4.30. The van der Waals surface area contributed by atoms with E-state index < -0.39 is 0 Å². The molecule has 2 aromatic heterocycles. The summed E-state index contributed by atoms with van der Waals surface area (Å²) >= 11 is 1.36. The number of aromatic nitrogens is 3. The van der Waals surface area contributed by atoms with Gasteiger partial charge in [-0.2, -0.15) is 0 Å². The van der Waals surface area contributed by atoms with Crippen LogP contribution in [-0.4, -0.2) is 32.7 Å². The Morgan fingerprint density at radius 1 is 1.21 bits per heavy atom. The zero-order chi connectivity index (χ0) is 20.4. The molecule has 9 heteroatoms. The van der Waals surface area contributed by atoms with Crippen molar-refractivity contribution in [3.8, 4) is 23.1 Å². The van der Waals surface area contributed by atoms with Gasteiger partial charge in [-0.3, -0.25) is 9.36 Å². The topological polar surface area (TPSA) is 91.4 Å². The molecule has 1 aromatic carbocycles. The third kappa shape index (κ3) is 4.24. The number of hydrogen-bond donors (Lipinski definition) is 1. The SMILES string of the molecule is CC(C)Cn1c(S[C@@H](C)C(=O)Nc2ccc3c(c2)OCO3)nnc1-c1ccco1.